The molecule has 0 atom stereocenters. The number of fused-ring (bicyclic) bond motifs is 3. The van der Waals surface area contributed by atoms with Crippen LogP contribution in [0.15, 0.2) is 102 Å². The van der Waals surface area contributed by atoms with Gasteiger partial charge in [-0.25, -0.2) is 0 Å². The molecule has 0 unspecified atom stereocenters. The highest BCUT2D eigenvalue weighted by Crippen LogP contribution is 2.46. The molecule has 0 saturated carbocycles. The molecule has 6 rings (SSSR count). The van der Waals surface area contributed by atoms with Gasteiger partial charge in [-0.15, -0.1) is 0 Å². The van der Waals surface area contributed by atoms with Crippen molar-refractivity contribution in [1.82, 2.24) is 9.91 Å². The van der Waals surface area contributed by atoms with Crippen molar-refractivity contribution in [2.24, 2.45) is 5.10 Å². The second-order valence-corrected chi connectivity index (χ2v) is 9.50. The fourth-order valence-electron chi connectivity index (χ4n) is 5.37. The van der Waals surface area contributed by atoms with Crippen molar-refractivity contribution >= 4 is 6.21 Å². The number of methoxy groups -OCH3 is 1. The molecule has 1 heterocycles. The molecule has 1 fully saturated rings. The summed E-state index contributed by atoms with van der Waals surface area (Å²) in [5.41, 5.74) is 7.69. The molecule has 1 aliphatic heterocycles. The molecule has 2 aliphatic rings. The van der Waals surface area contributed by atoms with E-state index in [0.29, 0.717) is 18.4 Å². The highest BCUT2D eigenvalue weighted by molar-refractivity contribution is 5.81. The van der Waals surface area contributed by atoms with Gasteiger partial charge in [0.1, 0.15) is 6.61 Å². The van der Waals surface area contributed by atoms with Gasteiger partial charge in [0.05, 0.1) is 19.4 Å². The van der Waals surface area contributed by atoms with E-state index in [4.69, 9.17) is 14.6 Å². The van der Waals surface area contributed by atoms with Crippen molar-refractivity contribution in [2.75, 3.05) is 33.3 Å². The number of hydrazone groups is 1. The lowest BCUT2D eigenvalue weighted by Gasteiger charge is -2.37. The lowest BCUT2D eigenvalue weighted by Crippen LogP contribution is -2.45. The lowest BCUT2D eigenvalue weighted by atomic mass is 10.0. The zero-order chi connectivity index (χ0) is 25.0. The van der Waals surface area contributed by atoms with Crippen LogP contribution in [0.3, 0.4) is 0 Å². The van der Waals surface area contributed by atoms with E-state index in [9.17, 15) is 0 Å². The van der Waals surface area contributed by atoms with Crippen LogP contribution in [0.4, 0.5) is 0 Å². The van der Waals surface area contributed by atoms with Crippen LogP contribution in [0.1, 0.15) is 28.3 Å². The van der Waals surface area contributed by atoms with Gasteiger partial charge in [0.15, 0.2) is 11.5 Å². The number of benzene rings is 4. The van der Waals surface area contributed by atoms with Crippen molar-refractivity contribution in [3.8, 4) is 22.6 Å². The minimum absolute atomic E-state index is 0.325. The van der Waals surface area contributed by atoms with Crippen LogP contribution in [-0.2, 0) is 6.61 Å². The molecule has 1 aliphatic carbocycles. The monoisotopic (exact) mass is 489 g/mol. The zero-order valence-electron chi connectivity index (χ0n) is 21.1. The Hall–Kier alpha value is -4.09. The molecule has 5 heteroatoms. The maximum atomic E-state index is 5.99. The Morgan fingerprint density at radius 1 is 0.757 bits per heavy atom. The average molecular weight is 490 g/mol. The second kappa shape index (κ2) is 10.5. The fourth-order valence-corrected chi connectivity index (χ4v) is 5.37. The minimum Gasteiger partial charge on any atom is -0.493 e. The first kappa shape index (κ1) is 23.3. The maximum absolute atomic E-state index is 5.99. The molecule has 0 radical (unpaired) electrons. The molecule has 5 nitrogen and oxygen atoms in total. The van der Waals surface area contributed by atoms with Crippen LogP contribution in [-0.4, -0.2) is 49.4 Å². The fraction of sp³-hybridized carbons (Fsp3) is 0.219. The van der Waals surface area contributed by atoms with Gasteiger partial charge >= 0.3 is 0 Å². The van der Waals surface area contributed by atoms with Gasteiger partial charge in [0.25, 0.3) is 0 Å². The Morgan fingerprint density at radius 3 is 2.08 bits per heavy atom. The Morgan fingerprint density at radius 2 is 1.41 bits per heavy atom. The Labute approximate surface area is 218 Å². The summed E-state index contributed by atoms with van der Waals surface area (Å²) < 4.78 is 11.6. The second-order valence-electron chi connectivity index (χ2n) is 9.50. The van der Waals surface area contributed by atoms with Gasteiger partial charge in [0, 0.05) is 26.2 Å². The van der Waals surface area contributed by atoms with Gasteiger partial charge in [-0.2, -0.15) is 5.10 Å². The standard InChI is InChI=1S/C32H31N3O2/c1-36-31-21-25(15-16-30(31)37-23-24-9-3-2-4-10-24)22-33-35-19-17-34(18-20-35)32-28-13-7-5-11-26(28)27-12-6-8-14-29(27)32/h2-16,21-22,32H,17-20,23H2,1H3/b33-22+. The molecule has 0 aromatic heterocycles. The molecule has 0 amide bonds. The molecule has 37 heavy (non-hydrogen) atoms. The van der Waals surface area contributed by atoms with Gasteiger partial charge < -0.3 is 9.47 Å². The summed E-state index contributed by atoms with van der Waals surface area (Å²) in [7, 11) is 1.67. The predicted molar refractivity (Wildman–Crippen MR) is 148 cm³/mol. The molecule has 1 saturated heterocycles. The summed E-state index contributed by atoms with van der Waals surface area (Å²) >= 11 is 0. The van der Waals surface area contributed by atoms with Crippen LogP contribution < -0.4 is 9.47 Å². The highest BCUT2D eigenvalue weighted by Gasteiger charge is 2.33. The van der Waals surface area contributed by atoms with Gasteiger partial charge in [0.2, 0.25) is 0 Å². The molecular weight excluding hydrogens is 458 g/mol. The van der Waals surface area contributed by atoms with E-state index in [-0.39, 0.29) is 0 Å². The first-order valence-corrected chi connectivity index (χ1v) is 12.9. The molecule has 0 spiro atoms. The summed E-state index contributed by atoms with van der Waals surface area (Å²) in [5.74, 6) is 1.44. The van der Waals surface area contributed by atoms with Crippen LogP contribution in [0.2, 0.25) is 0 Å². The van der Waals surface area contributed by atoms with Crippen molar-refractivity contribution in [2.45, 2.75) is 12.6 Å². The number of hydrogen-bond donors (Lipinski definition) is 0. The first-order valence-electron chi connectivity index (χ1n) is 12.9. The third kappa shape index (κ3) is 4.83. The summed E-state index contributed by atoms with van der Waals surface area (Å²) in [5, 5.41) is 6.95. The van der Waals surface area contributed by atoms with E-state index in [1.165, 1.54) is 22.3 Å². The van der Waals surface area contributed by atoms with E-state index >= 15 is 0 Å². The largest absolute Gasteiger partial charge is 0.493 e. The summed E-state index contributed by atoms with van der Waals surface area (Å²) in [6.45, 7) is 4.24. The van der Waals surface area contributed by atoms with Crippen LogP contribution in [0.5, 0.6) is 11.5 Å². The third-order valence-corrected chi connectivity index (χ3v) is 7.25. The van der Waals surface area contributed by atoms with Crippen LogP contribution in [0.25, 0.3) is 11.1 Å². The van der Waals surface area contributed by atoms with Crippen LogP contribution in [0, 0.1) is 0 Å². The predicted octanol–water partition coefficient (Wildman–Crippen LogP) is 6.00. The topological polar surface area (TPSA) is 37.3 Å². The SMILES string of the molecule is COc1cc(/C=N/N2CCN(C3c4ccccc4-c4ccccc43)CC2)ccc1OCc1ccccc1. The van der Waals surface area contributed by atoms with Crippen molar-refractivity contribution < 1.29 is 9.47 Å². The van der Waals surface area contributed by atoms with Gasteiger partial charge in [-0.1, -0.05) is 78.9 Å². The summed E-state index contributed by atoms with van der Waals surface area (Å²) in [6.07, 6.45) is 1.92. The molecule has 0 bridgehead atoms. The van der Waals surface area contributed by atoms with E-state index in [2.05, 4.69) is 70.6 Å². The molecule has 4 aromatic carbocycles. The third-order valence-electron chi connectivity index (χ3n) is 7.25. The minimum atomic E-state index is 0.325. The number of ether oxygens (including phenoxy) is 2. The first-order chi connectivity index (χ1) is 18.3. The highest BCUT2D eigenvalue weighted by atomic mass is 16.5. The average Bonchev–Trinajstić information content (AvgIpc) is 3.30. The summed E-state index contributed by atoms with van der Waals surface area (Å²) in [6, 6.07) is 34.1. The van der Waals surface area contributed by atoms with Crippen molar-refractivity contribution in [3.63, 3.8) is 0 Å². The molecular formula is C32H31N3O2. The Balaban J connectivity index is 1.09. The lowest BCUT2D eigenvalue weighted by molar-refractivity contribution is 0.114. The van der Waals surface area contributed by atoms with E-state index < -0.39 is 0 Å². The van der Waals surface area contributed by atoms with E-state index in [1.807, 2.05) is 42.6 Å². The smallest absolute Gasteiger partial charge is 0.161 e. The van der Waals surface area contributed by atoms with Crippen molar-refractivity contribution in [3.05, 3.63) is 119 Å². The molecule has 4 aromatic rings. The normalized spacial score (nSPS) is 15.5. The Bertz CT molecular complexity index is 1350. The van der Waals surface area contributed by atoms with Gasteiger partial charge in [-0.05, 0) is 51.6 Å². The number of piperazine rings is 1. The quantitative estimate of drug-likeness (QED) is 0.299. The number of rotatable bonds is 7. The van der Waals surface area contributed by atoms with Gasteiger partial charge in [-0.3, -0.25) is 9.91 Å². The molecule has 0 N–H and O–H groups in total. The summed E-state index contributed by atoms with van der Waals surface area (Å²) in [4.78, 5) is 2.60. The molecule has 186 valence electrons. The van der Waals surface area contributed by atoms with Crippen LogP contribution >= 0.6 is 0 Å². The van der Waals surface area contributed by atoms with Crippen molar-refractivity contribution in [1.29, 1.82) is 0 Å². The number of nitrogens with zero attached hydrogens (tertiary/aromatic N) is 3. The maximum Gasteiger partial charge on any atom is 0.161 e. The zero-order valence-corrected chi connectivity index (χ0v) is 21.1. The van der Waals surface area contributed by atoms with E-state index in [1.54, 1.807) is 7.11 Å². The van der Waals surface area contributed by atoms with E-state index in [0.717, 1.165) is 43.1 Å². The Kier molecular flexibility index (Phi) is 6.61. The number of hydrogen-bond acceptors (Lipinski definition) is 5.